The van der Waals surface area contributed by atoms with Crippen molar-refractivity contribution in [2.24, 2.45) is 11.8 Å². The van der Waals surface area contributed by atoms with Crippen LogP contribution < -0.4 is 5.56 Å². The zero-order valence-electron chi connectivity index (χ0n) is 11.0. The summed E-state index contributed by atoms with van der Waals surface area (Å²) >= 11 is 6.88. The van der Waals surface area contributed by atoms with E-state index >= 15 is 0 Å². The van der Waals surface area contributed by atoms with Crippen LogP contribution in [0.3, 0.4) is 0 Å². The summed E-state index contributed by atoms with van der Waals surface area (Å²) in [5, 5.41) is 2.70. The van der Waals surface area contributed by atoms with Crippen LogP contribution >= 0.6 is 23.6 Å². The average molecular weight is 294 g/mol. The van der Waals surface area contributed by atoms with Crippen LogP contribution in [0.2, 0.25) is 0 Å². The lowest BCUT2D eigenvalue weighted by atomic mass is 9.82. The first-order chi connectivity index (χ1) is 9.15. The molecule has 0 aliphatic heterocycles. The molecule has 3 rings (SSSR count). The molecule has 1 saturated carbocycles. The second-order valence-corrected chi connectivity index (χ2v) is 6.95. The fourth-order valence-corrected chi connectivity index (χ4v) is 4.23. The molecule has 0 spiro atoms. The molecule has 1 aliphatic rings. The van der Waals surface area contributed by atoms with Crippen LogP contribution in [0.5, 0.6) is 0 Å². The molecule has 5 heteroatoms. The maximum Gasteiger partial charge on any atom is 0.263 e. The lowest BCUT2D eigenvalue weighted by Crippen LogP contribution is -2.27. The number of hydrogen-bond donors (Lipinski definition) is 1. The minimum Gasteiger partial charge on any atom is -0.323 e. The summed E-state index contributed by atoms with van der Waals surface area (Å²) in [6.45, 7) is 3.07. The summed E-state index contributed by atoms with van der Waals surface area (Å²) in [5.41, 5.74) is 0.0678. The average Bonchev–Trinajstić information content (AvgIpc) is 2.83. The maximum atomic E-state index is 12.4. The fraction of sp³-hybridized carbons (Fsp3) is 0.571. The van der Waals surface area contributed by atoms with Crippen molar-refractivity contribution in [2.75, 3.05) is 0 Å². The van der Waals surface area contributed by atoms with Crippen LogP contribution in [0.4, 0.5) is 0 Å². The van der Waals surface area contributed by atoms with Crippen LogP contribution in [0.25, 0.3) is 10.2 Å². The summed E-state index contributed by atoms with van der Waals surface area (Å²) < 4.78 is 2.32. The number of nitrogens with zero attached hydrogens (tertiary/aromatic N) is 1. The highest BCUT2D eigenvalue weighted by molar-refractivity contribution is 7.71. The molecular weight excluding hydrogens is 276 g/mol. The lowest BCUT2D eigenvalue weighted by molar-refractivity contribution is 0.254. The molecule has 19 heavy (non-hydrogen) atoms. The zero-order chi connectivity index (χ0) is 13.4. The monoisotopic (exact) mass is 294 g/mol. The Balaban J connectivity index is 1.96. The van der Waals surface area contributed by atoms with Crippen molar-refractivity contribution in [2.45, 2.75) is 39.2 Å². The molecule has 2 unspecified atom stereocenters. The molecule has 2 atom stereocenters. The Bertz CT molecular complexity index is 697. The smallest absolute Gasteiger partial charge is 0.263 e. The van der Waals surface area contributed by atoms with E-state index in [1.165, 1.54) is 37.0 Å². The van der Waals surface area contributed by atoms with Gasteiger partial charge in [0.15, 0.2) is 4.77 Å². The van der Waals surface area contributed by atoms with Gasteiger partial charge in [-0.1, -0.05) is 19.8 Å². The number of thiophene rings is 1. The highest BCUT2D eigenvalue weighted by Gasteiger charge is 2.20. The van der Waals surface area contributed by atoms with Gasteiger partial charge in [0.25, 0.3) is 5.56 Å². The quantitative estimate of drug-likeness (QED) is 0.852. The number of aromatic nitrogens is 2. The summed E-state index contributed by atoms with van der Waals surface area (Å²) in [4.78, 5) is 16.5. The van der Waals surface area contributed by atoms with Gasteiger partial charge in [-0.2, -0.15) is 0 Å². The Morgan fingerprint density at radius 2 is 2.37 bits per heavy atom. The van der Waals surface area contributed by atoms with Crippen molar-refractivity contribution < 1.29 is 0 Å². The number of aromatic amines is 1. The Labute approximate surface area is 121 Å². The predicted octanol–water partition coefficient (Wildman–Crippen LogP) is 3.95. The third kappa shape index (κ3) is 2.54. The molecule has 0 aromatic carbocycles. The number of nitrogens with one attached hydrogen (secondary N) is 1. The van der Waals surface area contributed by atoms with Gasteiger partial charge in [0.1, 0.15) is 4.83 Å². The predicted molar refractivity (Wildman–Crippen MR) is 82.4 cm³/mol. The van der Waals surface area contributed by atoms with E-state index in [-0.39, 0.29) is 5.56 Å². The molecule has 2 aromatic heterocycles. The van der Waals surface area contributed by atoms with E-state index < -0.39 is 0 Å². The number of fused-ring (bicyclic) bond motifs is 1. The molecule has 2 heterocycles. The van der Waals surface area contributed by atoms with Gasteiger partial charge in [0.05, 0.1) is 5.39 Å². The van der Waals surface area contributed by atoms with E-state index in [9.17, 15) is 4.79 Å². The summed E-state index contributed by atoms with van der Waals surface area (Å²) in [6.07, 6.45) is 5.02. The van der Waals surface area contributed by atoms with E-state index in [1.54, 1.807) is 4.57 Å². The molecule has 0 bridgehead atoms. The minimum atomic E-state index is 0.0678. The van der Waals surface area contributed by atoms with Gasteiger partial charge in [0, 0.05) is 6.54 Å². The van der Waals surface area contributed by atoms with Gasteiger partial charge in [0.2, 0.25) is 0 Å². The van der Waals surface area contributed by atoms with Gasteiger partial charge in [-0.3, -0.25) is 9.36 Å². The van der Waals surface area contributed by atoms with Gasteiger partial charge in [-0.15, -0.1) is 11.3 Å². The van der Waals surface area contributed by atoms with Crippen molar-refractivity contribution in [3.05, 3.63) is 26.6 Å². The van der Waals surface area contributed by atoms with Gasteiger partial charge in [-0.25, -0.2) is 0 Å². The zero-order valence-corrected chi connectivity index (χ0v) is 12.6. The highest BCUT2D eigenvalue weighted by Crippen LogP contribution is 2.29. The second kappa shape index (κ2) is 5.21. The SMILES string of the molecule is CC1CCCC(Cn2c(=S)[nH]c3sccc3c2=O)C1. The summed E-state index contributed by atoms with van der Waals surface area (Å²) in [7, 11) is 0. The third-order valence-electron chi connectivity index (χ3n) is 4.09. The van der Waals surface area contributed by atoms with Crippen molar-refractivity contribution in [3.63, 3.8) is 0 Å². The topological polar surface area (TPSA) is 37.8 Å². The molecule has 1 N–H and O–H groups in total. The van der Waals surface area contributed by atoms with Crippen molar-refractivity contribution in [3.8, 4) is 0 Å². The molecule has 0 amide bonds. The van der Waals surface area contributed by atoms with E-state index in [0.717, 1.165) is 22.7 Å². The normalized spacial score (nSPS) is 23.8. The first kappa shape index (κ1) is 13.1. The molecule has 3 nitrogen and oxygen atoms in total. The minimum absolute atomic E-state index is 0.0678. The molecule has 102 valence electrons. The van der Waals surface area contributed by atoms with Crippen LogP contribution in [0.1, 0.15) is 32.6 Å². The van der Waals surface area contributed by atoms with Crippen molar-refractivity contribution in [1.82, 2.24) is 9.55 Å². The Morgan fingerprint density at radius 3 is 3.16 bits per heavy atom. The first-order valence-electron chi connectivity index (χ1n) is 6.85. The number of hydrogen-bond acceptors (Lipinski definition) is 3. The Hall–Kier alpha value is -0.940. The van der Waals surface area contributed by atoms with Gasteiger partial charge >= 0.3 is 0 Å². The van der Waals surface area contributed by atoms with E-state index in [1.807, 2.05) is 11.4 Å². The molecule has 0 radical (unpaired) electrons. The highest BCUT2D eigenvalue weighted by atomic mass is 32.1. The van der Waals surface area contributed by atoms with Gasteiger partial charge < -0.3 is 4.98 Å². The van der Waals surface area contributed by atoms with Crippen molar-refractivity contribution >= 4 is 33.8 Å². The second-order valence-electron chi connectivity index (χ2n) is 5.65. The van der Waals surface area contributed by atoms with Gasteiger partial charge in [-0.05, 0) is 48.3 Å². The lowest BCUT2D eigenvalue weighted by Gasteiger charge is -2.27. The first-order valence-corrected chi connectivity index (χ1v) is 8.14. The standard InChI is InChI=1S/C14H18N2OS2/c1-9-3-2-4-10(7-9)8-16-13(17)11-5-6-19-12(11)15-14(16)18/h5-6,9-10H,2-4,7-8H2,1H3,(H,15,18). The number of rotatable bonds is 2. The van der Waals surface area contributed by atoms with Crippen LogP contribution in [0.15, 0.2) is 16.2 Å². The molecular formula is C14H18N2OS2. The molecule has 0 saturated heterocycles. The Morgan fingerprint density at radius 1 is 1.53 bits per heavy atom. The van der Waals surface area contributed by atoms with E-state index in [2.05, 4.69) is 11.9 Å². The molecule has 2 aromatic rings. The summed E-state index contributed by atoms with van der Waals surface area (Å²) in [5.74, 6) is 1.37. The van der Waals surface area contributed by atoms with Crippen LogP contribution in [-0.2, 0) is 6.54 Å². The largest absolute Gasteiger partial charge is 0.323 e. The third-order valence-corrected chi connectivity index (χ3v) is 5.24. The van der Waals surface area contributed by atoms with Crippen LogP contribution in [-0.4, -0.2) is 9.55 Å². The Kier molecular flexibility index (Phi) is 3.58. The van der Waals surface area contributed by atoms with E-state index in [0.29, 0.717) is 10.7 Å². The molecule has 1 aliphatic carbocycles. The van der Waals surface area contributed by atoms with Crippen LogP contribution in [0, 0.1) is 16.6 Å². The van der Waals surface area contributed by atoms with Crippen molar-refractivity contribution in [1.29, 1.82) is 0 Å². The molecule has 1 fully saturated rings. The van der Waals surface area contributed by atoms with E-state index in [4.69, 9.17) is 12.2 Å². The fourth-order valence-electron chi connectivity index (χ4n) is 3.13. The maximum absolute atomic E-state index is 12.4. The summed E-state index contributed by atoms with van der Waals surface area (Å²) in [6, 6.07) is 1.88. The number of H-pyrrole nitrogens is 1.